The average Bonchev–Trinajstić information content (AvgIpc) is 2.86. The summed E-state index contributed by atoms with van der Waals surface area (Å²) in [6.45, 7) is 2.23. The number of benzene rings is 3. The van der Waals surface area contributed by atoms with Gasteiger partial charge < -0.3 is 19.4 Å². The number of aliphatic carboxylic acids is 1. The van der Waals surface area contributed by atoms with E-state index in [1.54, 1.807) is 31.2 Å². The van der Waals surface area contributed by atoms with Gasteiger partial charge in [0.2, 0.25) is 0 Å². The van der Waals surface area contributed by atoms with E-state index in [1.165, 1.54) is 7.11 Å². The smallest absolute Gasteiger partial charge is 0.305 e. The van der Waals surface area contributed by atoms with Gasteiger partial charge in [0.15, 0.2) is 0 Å². The summed E-state index contributed by atoms with van der Waals surface area (Å²) in [5.74, 6) is 0.309. The minimum atomic E-state index is -1.09. The fourth-order valence-corrected chi connectivity index (χ4v) is 3.33. The van der Waals surface area contributed by atoms with Gasteiger partial charge in [0.1, 0.15) is 37.5 Å². The Bertz CT molecular complexity index is 1150. The van der Waals surface area contributed by atoms with E-state index in [9.17, 15) is 10.1 Å². The fourth-order valence-electron chi connectivity index (χ4n) is 3.33. The van der Waals surface area contributed by atoms with Crippen LogP contribution in [0.5, 0.6) is 11.5 Å². The fraction of sp³-hybridized carbons (Fsp3) is 0.222. The van der Waals surface area contributed by atoms with Crippen molar-refractivity contribution in [1.29, 1.82) is 5.26 Å². The lowest BCUT2D eigenvalue weighted by atomic mass is 9.81. The molecule has 1 unspecified atom stereocenters. The van der Waals surface area contributed by atoms with Crippen molar-refractivity contribution >= 4 is 11.7 Å². The van der Waals surface area contributed by atoms with Gasteiger partial charge in [0.25, 0.3) is 0 Å². The molecular weight excluding hydrogens is 432 g/mol. The third kappa shape index (κ3) is 6.59. The molecule has 0 aliphatic heterocycles. The topological polar surface area (TPSA) is 101 Å². The zero-order valence-corrected chi connectivity index (χ0v) is 19.1. The molecule has 3 rings (SSSR count). The summed E-state index contributed by atoms with van der Waals surface area (Å²) in [5.41, 5.74) is 2.12. The van der Waals surface area contributed by atoms with Gasteiger partial charge in [-0.05, 0) is 42.3 Å². The maximum atomic E-state index is 11.1. The highest BCUT2D eigenvalue weighted by molar-refractivity contribution is 6.01. The Balaban J connectivity index is 1.55. The number of ether oxygens (including phenoxy) is 2. The first-order chi connectivity index (χ1) is 16.4. The van der Waals surface area contributed by atoms with Crippen LogP contribution in [0.4, 0.5) is 0 Å². The number of hydrogen-bond donors (Lipinski definition) is 1. The molecule has 7 nitrogen and oxygen atoms in total. The van der Waals surface area contributed by atoms with E-state index in [1.807, 2.05) is 54.6 Å². The predicted molar refractivity (Wildman–Crippen MR) is 128 cm³/mol. The van der Waals surface area contributed by atoms with E-state index < -0.39 is 11.4 Å². The molecule has 0 heterocycles. The third-order valence-electron chi connectivity index (χ3n) is 5.26. The van der Waals surface area contributed by atoms with E-state index >= 15 is 0 Å². The second-order valence-electron chi connectivity index (χ2n) is 7.85. The molecule has 174 valence electrons. The maximum absolute atomic E-state index is 11.1. The highest BCUT2D eigenvalue weighted by atomic mass is 16.6. The maximum Gasteiger partial charge on any atom is 0.305 e. The van der Waals surface area contributed by atoms with Crippen molar-refractivity contribution in [2.75, 3.05) is 13.7 Å². The minimum absolute atomic E-state index is 0.262. The molecule has 0 bridgehead atoms. The molecule has 0 radical (unpaired) electrons. The van der Waals surface area contributed by atoms with Crippen LogP contribution in [-0.4, -0.2) is 30.5 Å². The Morgan fingerprint density at radius 1 is 0.971 bits per heavy atom. The first kappa shape index (κ1) is 24.3. The van der Waals surface area contributed by atoms with Crippen molar-refractivity contribution in [3.8, 4) is 17.6 Å². The first-order valence-corrected chi connectivity index (χ1v) is 10.7. The van der Waals surface area contributed by atoms with E-state index in [4.69, 9.17) is 19.4 Å². The second kappa shape index (κ2) is 11.5. The molecular formula is C27H26N2O5. The largest absolute Gasteiger partial charge is 0.489 e. The molecule has 3 aromatic rings. The van der Waals surface area contributed by atoms with Gasteiger partial charge in [-0.2, -0.15) is 5.26 Å². The monoisotopic (exact) mass is 458 g/mol. The van der Waals surface area contributed by atoms with Crippen LogP contribution in [0.25, 0.3) is 0 Å². The average molecular weight is 459 g/mol. The molecule has 3 aromatic carbocycles. The van der Waals surface area contributed by atoms with Crippen LogP contribution in [0.3, 0.4) is 0 Å². The Morgan fingerprint density at radius 2 is 1.59 bits per heavy atom. The summed E-state index contributed by atoms with van der Waals surface area (Å²) >= 11 is 0. The number of oxime groups is 1. The molecule has 0 saturated heterocycles. The molecule has 0 aliphatic carbocycles. The van der Waals surface area contributed by atoms with Crippen LogP contribution >= 0.6 is 0 Å². The summed E-state index contributed by atoms with van der Waals surface area (Å²) in [6.07, 6.45) is -0.262. The number of carbonyl (C=O) groups is 1. The summed E-state index contributed by atoms with van der Waals surface area (Å²) in [5, 5.41) is 22.5. The Labute approximate surface area is 198 Å². The Morgan fingerprint density at radius 3 is 2.18 bits per heavy atom. The molecule has 0 spiro atoms. The van der Waals surface area contributed by atoms with Crippen LogP contribution in [-0.2, 0) is 21.7 Å². The highest BCUT2D eigenvalue weighted by Gasteiger charge is 2.29. The molecule has 0 aliphatic rings. The van der Waals surface area contributed by atoms with E-state index in [-0.39, 0.29) is 13.0 Å². The quantitative estimate of drug-likeness (QED) is 0.322. The van der Waals surface area contributed by atoms with Crippen molar-refractivity contribution in [3.05, 3.63) is 95.6 Å². The summed E-state index contributed by atoms with van der Waals surface area (Å²) < 4.78 is 11.7. The van der Waals surface area contributed by atoms with Crippen molar-refractivity contribution in [2.45, 2.75) is 25.4 Å². The van der Waals surface area contributed by atoms with Gasteiger partial charge in [-0.1, -0.05) is 59.8 Å². The molecule has 0 amide bonds. The minimum Gasteiger partial charge on any atom is -0.489 e. The molecule has 1 atom stereocenters. The molecule has 7 heteroatoms. The van der Waals surface area contributed by atoms with Gasteiger partial charge in [-0.15, -0.1) is 0 Å². The number of rotatable bonds is 11. The van der Waals surface area contributed by atoms with Gasteiger partial charge in [0.05, 0.1) is 17.9 Å². The lowest BCUT2D eigenvalue weighted by Gasteiger charge is -2.20. The zero-order chi connectivity index (χ0) is 24.4. The third-order valence-corrected chi connectivity index (χ3v) is 5.26. The highest BCUT2D eigenvalue weighted by Crippen LogP contribution is 2.28. The Kier molecular flexibility index (Phi) is 8.25. The summed E-state index contributed by atoms with van der Waals surface area (Å²) in [4.78, 5) is 16.0. The second-order valence-corrected chi connectivity index (χ2v) is 7.85. The standard InChI is InChI=1S/C27H26N2O5/c1-27(19-28,16-26(30)31)22-10-14-24(15-11-22)33-17-20-8-12-23(13-9-20)34-18-25(29-32-2)21-6-4-3-5-7-21/h3-15H,16-18H2,1-2H3,(H,30,31)/b29-25-. The SMILES string of the molecule is CO/N=C(/COc1ccc(COc2ccc(C(C)(C#N)CC(=O)O)cc2)cc1)c1ccccc1. The lowest BCUT2D eigenvalue weighted by Crippen LogP contribution is -2.23. The van der Waals surface area contributed by atoms with Crippen LogP contribution in [0, 0.1) is 11.3 Å². The summed E-state index contributed by atoms with van der Waals surface area (Å²) in [6, 6.07) is 26.3. The zero-order valence-electron chi connectivity index (χ0n) is 19.1. The molecule has 1 N–H and O–H groups in total. The number of carboxylic acid groups (broad SMARTS) is 1. The Hall–Kier alpha value is -4.31. The van der Waals surface area contributed by atoms with Crippen LogP contribution in [0.1, 0.15) is 30.0 Å². The van der Waals surface area contributed by atoms with Crippen molar-refractivity contribution in [2.24, 2.45) is 5.16 Å². The predicted octanol–water partition coefficient (Wildman–Crippen LogP) is 4.95. The first-order valence-electron chi connectivity index (χ1n) is 10.7. The summed E-state index contributed by atoms with van der Waals surface area (Å²) in [7, 11) is 1.50. The number of nitrogens with zero attached hydrogens (tertiary/aromatic N) is 2. The van der Waals surface area contributed by atoms with Crippen LogP contribution in [0.2, 0.25) is 0 Å². The molecule has 0 fully saturated rings. The lowest BCUT2D eigenvalue weighted by molar-refractivity contribution is -0.137. The van der Waals surface area contributed by atoms with Crippen LogP contribution in [0.15, 0.2) is 84.0 Å². The van der Waals surface area contributed by atoms with Gasteiger partial charge >= 0.3 is 5.97 Å². The number of nitriles is 1. The van der Waals surface area contributed by atoms with Crippen LogP contribution < -0.4 is 9.47 Å². The number of carboxylic acids is 1. The normalized spacial score (nSPS) is 12.8. The molecule has 34 heavy (non-hydrogen) atoms. The van der Waals surface area contributed by atoms with E-state index in [2.05, 4.69) is 11.2 Å². The van der Waals surface area contributed by atoms with Crippen molar-refractivity contribution < 1.29 is 24.2 Å². The molecule has 0 saturated carbocycles. The van der Waals surface area contributed by atoms with Gasteiger partial charge in [0, 0.05) is 5.56 Å². The van der Waals surface area contributed by atoms with Gasteiger partial charge in [-0.25, -0.2) is 0 Å². The van der Waals surface area contributed by atoms with Crippen molar-refractivity contribution in [1.82, 2.24) is 0 Å². The van der Waals surface area contributed by atoms with E-state index in [0.29, 0.717) is 29.4 Å². The van der Waals surface area contributed by atoms with E-state index in [0.717, 1.165) is 11.1 Å². The number of hydrogen-bond acceptors (Lipinski definition) is 6. The molecule has 0 aromatic heterocycles. The van der Waals surface area contributed by atoms with Crippen molar-refractivity contribution in [3.63, 3.8) is 0 Å². The van der Waals surface area contributed by atoms with Gasteiger partial charge in [-0.3, -0.25) is 4.79 Å².